The van der Waals surface area contributed by atoms with Crippen molar-refractivity contribution in [1.82, 2.24) is 0 Å². The van der Waals surface area contributed by atoms with Crippen LogP contribution in [0.1, 0.15) is 105 Å². The van der Waals surface area contributed by atoms with Gasteiger partial charge in [0.15, 0.2) is 5.76 Å². The zero-order valence-electron chi connectivity index (χ0n) is 20.9. The van der Waals surface area contributed by atoms with Crippen molar-refractivity contribution >= 4 is 0 Å². The number of aryl methyl sites for hydroxylation is 1. The third-order valence-electron chi connectivity index (χ3n) is 5.89. The molecule has 168 valence electrons. The minimum absolute atomic E-state index is 0.0657. The molecule has 0 atom stereocenters. The van der Waals surface area contributed by atoms with Crippen molar-refractivity contribution in [3.8, 4) is 0 Å². The van der Waals surface area contributed by atoms with E-state index in [1.165, 1.54) is 17.5 Å². The van der Waals surface area contributed by atoms with Crippen LogP contribution in [0.5, 0.6) is 0 Å². The molecule has 1 aromatic carbocycles. The average Bonchev–Trinajstić information content (AvgIpc) is 2.93. The van der Waals surface area contributed by atoms with Crippen molar-refractivity contribution < 1.29 is 8.83 Å². The number of hydrogen-bond donors (Lipinski definition) is 0. The average molecular weight is 415 g/mol. The van der Waals surface area contributed by atoms with Gasteiger partial charge in [-0.15, -0.1) is 0 Å². The van der Waals surface area contributed by atoms with E-state index in [1.807, 2.05) is 6.92 Å². The quantitative estimate of drug-likeness (QED) is 0.450. The van der Waals surface area contributed by atoms with Crippen molar-refractivity contribution in [3.63, 3.8) is 0 Å². The molecular weight excluding hydrogens is 372 g/mol. The maximum Gasteiger partial charge on any atom is 0.519 e. The number of benzene rings is 1. The topological polar surface area (TPSA) is 43.4 Å². The van der Waals surface area contributed by atoms with E-state index < -0.39 is 5.82 Å². The standard InChI is InChI=1S/C27H42O3/c1-11-21-22(30-23(28)29-21)27(9,10)18-26(7,8)20-14-12-19(13-15-20)16-25(5,6)17-24(2,3)4/h12-15H,11,16-18H2,1-10H3. The minimum atomic E-state index is -0.602. The van der Waals surface area contributed by atoms with Gasteiger partial charge in [0.1, 0.15) is 5.76 Å². The smallest absolute Gasteiger partial charge is 0.396 e. The molecule has 0 aliphatic heterocycles. The van der Waals surface area contributed by atoms with Crippen LogP contribution >= 0.6 is 0 Å². The van der Waals surface area contributed by atoms with E-state index in [9.17, 15) is 4.79 Å². The van der Waals surface area contributed by atoms with Gasteiger partial charge in [-0.25, -0.2) is 4.79 Å². The molecule has 0 amide bonds. The summed E-state index contributed by atoms with van der Waals surface area (Å²) in [6.07, 6.45) is 3.78. The van der Waals surface area contributed by atoms with Gasteiger partial charge in [-0.05, 0) is 46.6 Å². The van der Waals surface area contributed by atoms with Crippen molar-refractivity contribution in [3.05, 3.63) is 57.5 Å². The normalized spacial score (nSPS) is 13.7. The molecule has 1 heterocycles. The van der Waals surface area contributed by atoms with Gasteiger partial charge in [0, 0.05) is 11.8 Å². The van der Waals surface area contributed by atoms with Gasteiger partial charge in [0.05, 0.1) is 0 Å². The third-order valence-corrected chi connectivity index (χ3v) is 5.89. The Bertz CT molecular complexity index is 883. The fraction of sp³-hybridized carbons (Fsp3) is 0.667. The molecule has 0 spiro atoms. The molecule has 2 aromatic rings. The molecule has 0 N–H and O–H groups in total. The molecule has 0 fully saturated rings. The Kier molecular flexibility index (Phi) is 6.86. The Morgan fingerprint density at radius 3 is 1.83 bits per heavy atom. The van der Waals surface area contributed by atoms with Gasteiger partial charge < -0.3 is 8.83 Å². The Balaban J connectivity index is 2.19. The van der Waals surface area contributed by atoms with Crippen LogP contribution in [0.4, 0.5) is 0 Å². The fourth-order valence-corrected chi connectivity index (χ4v) is 5.47. The van der Waals surface area contributed by atoms with Crippen LogP contribution < -0.4 is 5.82 Å². The van der Waals surface area contributed by atoms with E-state index in [1.54, 1.807) is 0 Å². The van der Waals surface area contributed by atoms with Gasteiger partial charge in [-0.2, -0.15) is 0 Å². The zero-order valence-corrected chi connectivity index (χ0v) is 20.9. The zero-order chi connectivity index (χ0) is 23.0. The Morgan fingerprint density at radius 1 is 0.767 bits per heavy atom. The maximum atomic E-state index is 11.7. The van der Waals surface area contributed by atoms with Gasteiger partial charge in [0.2, 0.25) is 0 Å². The van der Waals surface area contributed by atoms with Gasteiger partial charge in [-0.3, -0.25) is 0 Å². The highest BCUT2D eigenvalue weighted by Gasteiger charge is 2.36. The molecular formula is C27H42O3. The Labute approximate surface area is 183 Å². The number of hydrogen-bond acceptors (Lipinski definition) is 3. The lowest BCUT2D eigenvalue weighted by Gasteiger charge is -2.35. The van der Waals surface area contributed by atoms with Gasteiger partial charge >= 0.3 is 5.82 Å². The van der Waals surface area contributed by atoms with Crippen molar-refractivity contribution in [2.45, 2.75) is 106 Å². The molecule has 0 aliphatic rings. The highest BCUT2D eigenvalue weighted by atomic mass is 16.6. The summed E-state index contributed by atoms with van der Waals surface area (Å²) in [6, 6.07) is 9.10. The highest BCUT2D eigenvalue weighted by molar-refractivity contribution is 5.30. The molecule has 2 rings (SSSR count). The lowest BCUT2D eigenvalue weighted by molar-refractivity contribution is 0.211. The van der Waals surface area contributed by atoms with E-state index in [4.69, 9.17) is 8.83 Å². The lowest BCUT2D eigenvalue weighted by atomic mass is 9.69. The van der Waals surface area contributed by atoms with Crippen molar-refractivity contribution in [2.75, 3.05) is 0 Å². The second-order valence-electron chi connectivity index (χ2n) is 12.3. The van der Waals surface area contributed by atoms with Crippen LogP contribution in [-0.2, 0) is 23.7 Å². The van der Waals surface area contributed by atoms with Crippen LogP contribution in [0, 0.1) is 10.8 Å². The first kappa shape index (κ1) is 24.5. The maximum absolute atomic E-state index is 11.7. The first-order valence-corrected chi connectivity index (χ1v) is 11.3. The second kappa shape index (κ2) is 8.40. The minimum Gasteiger partial charge on any atom is -0.396 e. The predicted octanol–water partition coefficient (Wildman–Crippen LogP) is 7.45. The summed E-state index contributed by atoms with van der Waals surface area (Å²) in [4.78, 5) is 11.7. The largest absolute Gasteiger partial charge is 0.519 e. The first-order valence-electron chi connectivity index (χ1n) is 11.3. The van der Waals surface area contributed by atoms with E-state index in [-0.39, 0.29) is 16.2 Å². The molecule has 0 unspecified atom stereocenters. The summed E-state index contributed by atoms with van der Waals surface area (Å²) >= 11 is 0. The monoisotopic (exact) mass is 414 g/mol. The summed E-state index contributed by atoms with van der Waals surface area (Å²) in [5.74, 6) is 0.746. The van der Waals surface area contributed by atoms with Gasteiger partial charge in [-0.1, -0.05) is 93.5 Å². The summed E-state index contributed by atoms with van der Waals surface area (Å²) in [5.41, 5.74) is 2.93. The molecule has 1 aromatic heterocycles. The molecule has 30 heavy (non-hydrogen) atoms. The Morgan fingerprint density at radius 2 is 1.33 bits per heavy atom. The fourth-order valence-electron chi connectivity index (χ4n) is 5.47. The first-order chi connectivity index (χ1) is 13.5. The molecule has 0 radical (unpaired) electrons. The van der Waals surface area contributed by atoms with E-state index in [0.717, 1.165) is 12.8 Å². The van der Waals surface area contributed by atoms with Gasteiger partial charge in [0.25, 0.3) is 0 Å². The van der Waals surface area contributed by atoms with E-state index in [2.05, 4.69) is 86.6 Å². The van der Waals surface area contributed by atoms with Crippen LogP contribution in [0.3, 0.4) is 0 Å². The van der Waals surface area contributed by atoms with E-state index in [0.29, 0.717) is 23.4 Å². The van der Waals surface area contributed by atoms with Crippen LogP contribution in [-0.4, -0.2) is 0 Å². The number of rotatable bonds is 8. The molecule has 0 saturated carbocycles. The third kappa shape index (κ3) is 6.36. The predicted molar refractivity (Wildman–Crippen MR) is 125 cm³/mol. The lowest BCUT2D eigenvalue weighted by Crippen LogP contribution is -2.30. The molecule has 3 nitrogen and oxygen atoms in total. The summed E-state index contributed by atoms with van der Waals surface area (Å²) in [6.45, 7) is 22.4. The van der Waals surface area contributed by atoms with Crippen LogP contribution in [0.15, 0.2) is 37.9 Å². The Hall–Kier alpha value is -1.77. The second-order valence-corrected chi connectivity index (χ2v) is 12.3. The summed E-state index contributed by atoms with van der Waals surface area (Å²) < 4.78 is 10.7. The SMILES string of the molecule is CCc1oc(=O)oc1C(C)(C)CC(C)(C)c1ccc(CC(C)(C)CC(C)(C)C)cc1. The summed E-state index contributed by atoms with van der Waals surface area (Å²) in [5, 5.41) is 0. The van der Waals surface area contributed by atoms with Crippen LogP contribution in [0.25, 0.3) is 0 Å². The molecule has 3 heteroatoms. The van der Waals surface area contributed by atoms with E-state index >= 15 is 0 Å². The molecule has 0 bridgehead atoms. The summed E-state index contributed by atoms with van der Waals surface area (Å²) in [7, 11) is 0. The molecule has 0 aliphatic carbocycles. The van der Waals surface area contributed by atoms with Crippen LogP contribution in [0.2, 0.25) is 0 Å². The highest BCUT2D eigenvalue weighted by Crippen LogP contribution is 2.41. The molecule has 0 saturated heterocycles. The van der Waals surface area contributed by atoms with Crippen molar-refractivity contribution in [2.24, 2.45) is 10.8 Å². The van der Waals surface area contributed by atoms with Crippen molar-refractivity contribution in [1.29, 1.82) is 0 Å².